The second kappa shape index (κ2) is 5.68. The van der Waals surface area contributed by atoms with E-state index in [4.69, 9.17) is 16.2 Å². The quantitative estimate of drug-likeness (QED) is 0.778. The first-order chi connectivity index (χ1) is 7.19. The number of nitrogens with two attached hydrogens (primary N) is 2. The summed E-state index contributed by atoms with van der Waals surface area (Å²) in [5.41, 5.74) is 12.0. The molecule has 0 radical (unpaired) electrons. The SMILES string of the molecule is COc1ccc(F)cc1[C@@H](N)CCCN. The summed E-state index contributed by atoms with van der Waals surface area (Å²) in [5.74, 6) is 0.329. The molecule has 4 N–H and O–H groups in total. The smallest absolute Gasteiger partial charge is 0.123 e. The van der Waals surface area contributed by atoms with E-state index in [1.165, 1.54) is 12.1 Å². The van der Waals surface area contributed by atoms with E-state index in [9.17, 15) is 4.39 Å². The Labute approximate surface area is 89.2 Å². The molecule has 0 aromatic heterocycles. The zero-order valence-corrected chi connectivity index (χ0v) is 8.87. The van der Waals surface area contributed by atoms with Crippen molar-refractivity contribution in [2.75, 3.05) is 13.7 Å². The van der Waals surface area contributed by atoms with Gasteiger partial charge in [-0.05, 0) is 37.6 Å². The summed E-state index contributed by atoms with van der Waals surface area (Å²) in [4.78, 5) is 0. The molecule has 0 unspecified atom stereocenters. The van der Waals surface area contributed by atoms with Crippen LogP contribution < -0.4 is 16.2 Å². The Morgan fingerprint density at radius 2 is 2.20 bits per heavy atom. The van der Waals surface area contributed by atoms with Crippen molar-refractivity contribution < 1.29 is 9.13 Å². The molecule has 0 spiro atoms. The average molecular weight is 212 g/mol. The molecule has 84 valence electrons. The maximum atomic E-state index is 13.0. The minimum Gasteiger partial charge on any atom is -0.496 e. The monoisotopic (exact) mass is 212 g/mol. The summed E-state index contributed by atoms with van der Waals surface area (Å²) in [6.07, 6.45) is 1.55. The first-order valence-electron chi connectivity index (χ1n) is 4.98. The van der Waals surface area contributed by atoms with Crippen molar-refractivity contribution in [2.24, 2.45) is 11.5 Å². The Balaban J connectivity index is 2.85. The summed E-state index contributed by atoms with van der Waals surface area (Å²) < 4.78 is 18.2. The Morgan fingerprint density at radius 3 is 2.80 bits per heavy atom. The van der Waals surface area contributed by atoms with E-state index in [2.05, 4.69) is 0 Å². The second-order valence-electron chi connectivity index (χ2n) is 3.42. The molecule has 1 atom stereocenters. The van der Waals surface area contributed by atoms with Gasteiger partial charge in [0.1, 0.15) is 11.6 Å². The highest BCUT2D eigenvalue weighted by Crippen LogP contribution is 2.26. The lowest BCUT2D eigenvalue weighted by Crippen LogP contribution is -2.13. The number of halogens is 1. The number of hydrogen-bond donors (Lipinski definition) is 2. The van der Waals surface area contributed by atoms with Crippen LogP contribution in [-0.4, -0.2) is 13.7 Å². The average Bonchev–Trinajstić information content (AvgIpc) is 2.25. The van der Waals surface area contributed by atoms with Crippen molar-refractivity contribution >= 4 is 0 Å². The minimum atomic E-state index is -0.297. The van der Waals surface area contributed by atoms with E-state index in [1.807, 2.05) is 0 Å². The number of rotatable bonds is 5. The van der Waals surface area contributed by atoms with Crippen LogP contribution in [0, 0.1) is 5.82 Å². The molecule has 0 fully saturated rings. The maximum Gasteiger partial charge on any atom is 0.123 e. The largest absolute Gasteiger partial charge is 0.496 e. The van der Waals surface area contributed by atoms with Crippen LogP contribution in [0.15, 0.2) is 18.2 Å². The van der Waals surface area contributed by atoms with Crippen LogP contribution in [0.2, 0.25) is 0 Å². The Kier molecular flexibility index (Phi) is 4.52. The van der Waals surface area contributed by atoms with Gasteiger partial charge in [0.15, 0.2) is 0 Å². The van der Waals surface area contributed by atoms with Gasteiger partial charge < -0.3 is 16.2 Å². The molecule has 1 aromatic rings. The fraction of sp³-hybridized carbons (Fsp3) is 0.455. The topological polar surface area (TPSA) is 61.3 Å². The molecule has 0 aliphatic carbocycles. The fourth-order valence-electron chi connectivity index (χ4n) is 1.49. The van der Waals surface area contributed by atoms with Crippen LogP contribution in [0.25, 0.3) is 0 Å². The van der Waals surface area contributed by atoms with Crippen molar-refractivity contribution in [1.29, 1.82) is 0 Å². The molecule has 0 heterocycles. The molecular weight excluding hydrogens is 195 g/mol. The van der Waals surface area contributed by atoms with E-state index in [0.717, 1.165) is 12.8 Å². The van der Waals surface area contributed by atoms with Gasteiger partial charge in [-0.25, -0.2) is 4.39 Å². The Morgan fingerprint density at radius 1 is 1.47 bits per heavy atom. The van der Waals surface area contributed by atoms with Gasteiger partial charge in [0.25, 0.3) is 0 Å². The third-order valence-corrected chi connectivity index (χ3v) is 2.31. The molecule has 4 heteroatoms. The molecule has 3 nitrogen and oxygen atoms in total. The van der Waals surface area contributed by atoms with Gasteiger partial charge >= 0.3 is 0 Å². The summed E-state index contributed by atoms with van der Waals surface area (Å²) in [5, 5.41) is 0. The molecule has 0 saturated heterocycles. The zero-order valence-electron chi connectivity index (χ0n) is 8.87. The van der Waals surface area contributed by atoms with Crippen molar-refractivity contribution in [3.05, 3.63) is 29.6 Å². The van der Waals surface area contributed by atoms with Gasteiger partial charge in [-0.1, -0.05) is 0 Å². The van der Waals surface area contributed by atoms with Crippen LogP contribution in [0.1, 0.15) is 24.4 Å². The molecule has 0 saturated carbocycles. The number of methoxy groups -OCH3 is 1. The zero-order chi connectivity index (χ0) is 11.3. The van der Waals surface area contributed by atoms with Gasteiger partial charge in [-0.15, -0.1) is 0 Å². The minimum absolute atomic E-state index is 0.223. The number of hydrogen-bond acceptors (Lipinski definition) is 3. The summed E-state index contributed by atoms with van der Waals surface area (Å²) in [6.45, 7) is 0.589. The van der Waals surface area contributed by atoms with E-state index in [-0.39, 0.29) is 11.9 Å². The normalized spacial score (nSPS) is 12.5. The van der Waals surface area contributed by atoms with E-state index in [0.29, 0.717) is 17.9 Å². The molecule has 0 amide bonds. The standard InChI is InChI=1S/C11H17FN2O/c1-15-11-5-4-8(12)7-9(11)10(14)3-2-6-13/h4-5,7,10H,2-3,6,13-14H2,1H3/t10-/m0/s1. The molecule has 0 bridgehead atoms. The highest BCUT2D eigenvalue weighted by atomic mass is 19.1. The molecule has 0 aliphatic rings. The first-order valence-corrected chi connectivity index (χ1v) is 4.98. The van der Waals surface area contributed by atoms with Gasteiger partial charge in [0.2, 0.25) is 0 Å². The van der Waals surface area contributed by atoms with Crippen molar-refractivity contribution in [3.8, 4) is 5.75 Å². The van der Waals surface area contributed by atoms with Crippen molar-refractivity contribution in [1.82, 2.24) is 0 Å². The van der Waals surface area contributed by atoms with Crippen LogP contribution in [0.4, 0.5) is 4.39 Å². The van der Waals surface area contributed by atoms with E-state index >= 15 is 0 Å². The first kappa shape index (κ1) is 11.9. The second-order valence-corrected chi connectivity index (χ2v) is 3.42. The van der Waals surface area contributed by atoms with E-state index < -0.39 is 0 Å². The van der Waals surface area contributed by atoms with Crippen molar-refractivity contribution in [3.63, 3.8) is 0 Å². The van der Waals surface area contributed by atoms with Crippen molar-refractivity contribution in [2.45, 2.75) is 18.9 Å². The van der Waals surface area contributed by atoms with Crippen LogP contribution in [0.5, 0.6) is 5.75 Å². The predicted molar refractivity (Wildman–Crippen MR) is 58.2 cm³/mol. The third-order valence-electron chi connectivity index (χ3n) is 2.31. The van der Waals surface area contributed by atoms with Gasteiger partial charge in [0.05, 0.1) is 7.11 Å². The molecule has 0 aliphatic heterocycles. The molecular formula is C11H17FN2O. The lowest BCUT2D eigenvalue weighted by molar-refractivity contribution is 0.402. The fourth-order valence-corrected chi connectivity index (χ4v) is 1.49. The van der Waals surface area contributed by atoms with Gasteiger partial charge in [-0.2, -0.15) is 0 Å². The Bertz CT molecular complexity index is 317. The highest BCUT2D eigenvalue weighted by molar-refractivity contribution is 5.36. The number of ether oxygens (including phenoxy) is 1. The van der Waals surface area contributed by atoms with Crippen LogP contribution in [-0.2, 0) is 0 Å². The molecule has 1 rings (SSSR count). The molecule has 15 heavy (non-hydrogen) atoms. The Hall–Kier alpha value is -1.13. The molecule has 1 aromatic carbocycles. The highest BCUT2D eigenvalue weighted by Gasteiger charge is 2.12. The maximum absolute atomic E-state index is 13.0. The third kappa shape index (κ3) is 3.18. The van der Waals surface area contributed by atoms with Crippen LogP contribution >= 0.6 is 0 Å². The number of benzene rings is 1. The van der Waals surface area contributed by atoms with Gasteiger partial charge in [0, 0.05) is 11.6 Å². The van der Waals surface area contributed by atoms with E-state index in [1.54, 1.807) is 13.2 Å². The summed E-state index contributed by atoms with van der Waals surface area (Å²) in [7, 11) is 1.55. The van der Waals surface area contributed by atoms with Gasteiger partial charge in [-0.3, -0.25) is 0 Å². The lowest BCUT2D eigenvalue weighted by atomic mass is 10.0. The lowest BCUT2D eigenvalue weighted by Gasteiger charge is -2.15. The summed E-state index contributed by atoms with van der Waals surface area (Å²) >= 11 is 0. The van der Waals surface area contributed by atoms with Crippen LogP contribution in [0.3, 0.4) is 0 Å². The summed E-state index contributed by atoms with van der Waals surface area (Å²) in [6, 6.07) is 4.14. The predicted octanol–water partition coefficient (Wildman–Crippen LogP) is 1.57.